The summed E-state index contributed by atoms with van der Waals surface area (Å²) >= 11 is 0. The third kappa shape index (κ3) is 6.82. The molecule has 3 unspecified atom stereocenters. The largest absolute Gasteiger partial charge is 0.508 e. The van der Waals surface area contributed by atoms with Gasteiger partial charge in [0.2, 0.25) is 0 Å². The number of carbonyl (C=O) groups is 1. The van der Waals surface area contributed by atoms with E-state index in [-0.39, 0.29) is 23.8 Å². The molecule has 1 aromatic carbocycles. The number of hydrogen-bond acceptors (Lipinski definition) is 5. The third-order valence-corrected chi connectivity index (χ3v) is 7.69. The highest BCUT2D eigenvalue weighted by molar-refractivity contribution is 5.97. The number of carboxylic acids is 1. The molecule has 4 rings (SSSR count). The second-order valence-electron chi connectivity index (χ2n) is 10.6. The number of imidazole rings is 1. The number of aromatic nitrogens is 2. The first-order valence-electron chi connectivity index (χ1n) is 13.8. The highest BCUT2D eigenvalue weighted by Crippen LogP contribution is 2.35. The summed E-state index contributed by atoms with van der Waals surface area (Å²) in [5.41, 5.74) is 11.7. The number of fused-ring (bicyclic) bond motifs is 1. The highest BCUT2D eigenvalue weighted by Gasteiger charge is 2.31. The Morgan fingerprint density at radius 1 is 1.24 bits per heavy atom. The van der Waals surface area contributed by atoms with Crippen LogP contribution in [0, 0.1) is 5.92 Å². The van der Waals surface area contributed by atoms with Crippen molar-refractivity contribution in [3.63, 3.8) is 0 Å². The van der Waals surface area contributed by atoms with Gasteiger partial charge in [0, 0.05) is 12.5 Å². The first-order chi connectivity index (χ1) is 18.4. The smallest absolute Gasteiger partial charge is 0.306 e. The van der Waals surface area contributed by atoms with E-state index in [1.165, 1.54) is 5.57 Å². The molecule has 3 atom stereocenters. The average Bonchev–Trinajstić information content (AvgIpc) is 3.28. The van der Waals surface area contributed by atoms with E-state index in [1.54, 1.807) is 12.1 Å². The zero-order chi connectivity index (χ0) is 27.1. The monoisotopic (exact) mass is 516 g/mol. The van der Waals surface area contributed by atoms with E-state index in [0.29, 0.717) is 24.4 Å². The Labute approximate surface area is 225 Å². The molecule has 1 aliphatic heterocycles. The van der Waals surface area contributed by atoms with Crippen LogP contribution in [0.4, 0.5) is 0 Å². The molecule has 0 bridgehead atoms. The van der Waals surface area contributed by atoms with E-state index in [1.807, 2.05) is 18.5 Å². The second kappa shape index (κ2) is 12.8. The molecule has 1 aliphatic carbocycles. The summed E-state index contributed by atoms with van der Waals surface area (Å²) in [6.07, 6.45) is 17.0. The summed E-state index contributed by atoms with van der Waals surface area (Å²) in [5.74, 6) is -0.297. The zero-order valence-corrected chi connectivity index (χ0v) is 22.4. The number of unbranched alkanes of at least 4 members (excludes halogenated alkanes) is 1. The number of allylic oxidation sites excluding steroid dienone is 2. The molecule has 1 aromatic heterocycles. The summed E-state index contributed by atoms with van der Waals surface area (Å²) < 4.78 is 2.14. The average molecular weight is 517 g/mol. The second-order valence-corrected chi connectivity index (χ2v) is 10.6. The molecular weight excluding hydrogens is 476 g/mol. The zero-order valence-electron chi connectivity index (χ0n) is 22.4. The minimum Gasteiger partial charge on any atom is -0.508 e. The number of phenolic OH excluding ortho intramolecular Hbond substituents is 1. The number of nitrogens with two attached hydrogens (primary N) is 1. The van der Waals surface area contributed by atoms with Gasteiger partial charge in [-0.2, -0.15) is 0 Å². The van der Waals surface area contributed by atoms with E-state index < -0.39 is 5.97 Å². The minimum atomic E-state index is -0.711. The van der Waals surface area contributed by atoms with E-state index >= 15 is 0 Å². The molecule has 4 N–H and O–H groups in total. The van der Waals surface area contributed by atoms with Gasteiger partial charge >= 0.3 is 5.97 Å². The van der Waals surface area contributed by atoms with Crippen LogP contribution in [0.5, 0.6) is 5.75 Å². The lowest BCUT2D eigenvalue weighted by Crippen LogP contribution is -2.25. The van der Waals surface area contributed by atoms with Crippen LogP contribution in [0.3, 0.4) is 0 Å². The molecule has 1 fully saturated rings. The summed E-state index contributed by atoms with van der Waals surface area (Å²) in [6.45, 7) is 6.60. The van der Waals surface area contributed by atoms with Crippen LogP contribution in [-0.2, 0) is 11.2 Å². The first kappa shape index (κ1) is 27.4. The van der Waals surface area contributed by atoms with E-state index in [2.05, 4.69) is 41.3 Å². The van der Waals surface area contributed by atoms with E-state index in [0.717, 1.165) is 68.2 Å². The van der Waals surface area contributed by atoms with Crippen molar-refractivity contribution in [2.45, 2.75) is 83.2 Å². The lowest BCUT2D eigenvalue weighted by molar-refractivity contribution is -0.143. The molecule has 0 radical (unpaired) electrons. The minimum absolute atomic E-state index is 0.0962. The molecule has 7 heteroatoms. The fourth-order valence-corrected chi connectivity index (χ4v) is 5.62. The van der Waals surface area contributed by atoms with Crippen molar-refractivity contribution >= 4 is 17.9 Å². The van der Waals surface area contributed by atoms with E-state index in [9.17, 15) is 15.0 Å². The fraction of sp³-hybridized carbons (Fsp3) is 0.452. The predicted octanol–water partition coefficient (Wildman–Crippen LogP) is 6.20. The fourth-order valence-electron chi connectivity index (χ4n) is 5.62. The number of aromatic hydroxyl groups is 1. The molecule has 2 heterocycles. The summed E-state index contributed by atoms with van der Waals surface area (Å²) in [4.78, 5) is 21.1. The standard InChI is InChI=1S/C31H40N4O3/c1-3-8-23(10-6-4-5-9-22-13-15-26(36)16-14-22)18-27-21(2)17-28-29(30(32)34-27)33-20-35(28)25-12-7-11-24(19-25)31(37)38/h5,9-10,13-16,20,24-25,27,36H,2-4,6-8,11-12,17-19H2,1H3,(H2,32,34)(H,37,38)/b9-5+,23-10+. The van der Waals surface area contributed by atoms with Crippen LogP contribution in [0.2, 0.25) is 0 Å². The van der Waals surface area contributed by atoms with Gasteiger partial charge in [0.25, 0.3) is 0 Å². The number of amidine groups is 1. The van der Waals surface area contributed by atoms with E-state index in [4.69, 9.17) is 10.7 Å². The van der Waals surface area contributed by atoms with Gasteiger partial charge in [-0.25, -0.2) is 4.98 Å². The Morgan fingerprint density at radius 2 is 2.03 bits per heavy atom. The maximum absolute atomic E-state index is 11.6. The van der Waals surface area contributed by atoms with Gasteiger partial charge in [-0.3, -0.25) is 9.79 Å². The van der Waals surface area contributed by atoms with Crippen molar-refractivity contribution in [3.05, 3.63) is 77.4 Å². The van der Waals surface area contributed by atoms with Gasteiger partial charge in [0.1, 0.15) is 17.3 Å². The van der Waals surface area contributed by atoms with Crippen LogP contribution >= 0.6 is 0 Å². The number of aliphatic carboxylic acids is 1. The van der Waals surface area contributed by atoms with Crippen LogP contribution in [-0.4, -0.2) is 37.6 Å². The number of benzene rings is 1. The number of hydrogen-bond donors (Lipinski definition) is 3. The molecule has 2 aromatic rings. The van der Waals surface area contributed by atoms with Gasteiger partial charge in [0.15, 0.2) is 0 Å². The maximum Gasteiger partial charge on any atom is 0.306 e. The maximum atomic E-state index is 11.6. The number of aliphatic imine (C=N–C) groups is 1. The molecule has 0 saturated heterocycles. The number of carboxylic acid groups (broad SMARTS) is 1. The lowest BCUT2D eigenvalue weighted by atomic mass is 9.85. The van der Waals surface area contributed by atoms with Gasteiger partial charge < -0.3 is 20.5 Å². The van der Waals surface area contributed by atoms with Crippen molar-refractivity contribution in [1.82, 2.24) is 9.55 Å². The molecule has 0 amide bonds. The first-order valence-corrected chi connectivity index (χ1v) is 13.8. The van der Waals surface area contributed by atoms with Crippen molar-refractivity contribution in [2.75, 3.05) is 0 Å². The number of nitrogens with zero attached hydrogens (tertiary/aromatic N) is 3. The highest BCUT2D eigenvalue weighted by atomic mass is 16.4. The SMILES string of the molecule is C=C1Cc2c(ncn2C2CCCC(C(=O)O)C2)C(N)=NC1C/C(=C/CC/C=C/c1ccc(O)cc1)CCC. The van der Waals surface area contributed by atoms with Gasteiger partial charge in [-0.05, 0) is 68.2 Å². The molecule has 38 heavy (non-hydrogen) atoms. The molecule has 202 valence electrons. The Morgan fingerprint density at radius 3 is 2.76 bits per heavy atom. The Bertz CT molecular complexity index is 1220. The summed E-state index contributed by atoms with van der Waals surface area (Å²) in [5, 5.41) is 19.0. The van der Waals surface area contributed by atoms with Crippen LogP contribution in [0.25, 0.3) is 6.08 Å². The lowest BCUT2D eigenvalue weighted by Gasteiger charge is -2.29. The van der Waals surface area contributed by atoms with Crippen molar-refractivity contribution in [3.8, 4) is 5.75 Å². The normalized spacial score (nSPS) is 22.2. The van der Waals surface area contributed by atoms with Gasteiger partial charge in [-0.1, -0.05) is 62.3 Å². The van der Waals surface area contributed by atoms with Gasteiger partial charge in [-0.15, -0.1) is 0 Å². The molecule has 0 spiro atoms. The van der Waals surface area contributed by atoms with Crippen LogP contribution in [0.1, 0.15) is 87.7 Å². The Hall–Kier alpha value is -3.61. The Kier molecular flexibility index (Phi) is 9.21. The quantitative estimate of drug-likeness (QED) is 0.257. The third-order valence-electron chi connectivity index (χ3n) is 7.69. The van der Waals surface area contributed by atoms with Crippen molar-refractivity contribution < 1.29 is 15.0 Å². The Balaban J connectivity index is 1.42. The van der Waals surface area contributed by atoms with Crippen LogP contribution in [0.15, 0.2) is 65.5 Å². The van der Waals surface area contributed by atoms with Crippen molar-refractivity contribution in [1.29, 1.82) is 0 Å². The summed E-state index contributed by atoms with van der Waals surface area (Å²) in [6, 6.07) is 7.22. The van der Waals surface area contributed by atoms with Gasteiger partial charge in [0.05, 0.1) is 24.0 Å². The topological polar surface area (TPSA) is 114 Å². The van der Waals surface area contributed by atoms with Crippen LogP contribution < -0.4 is 5.73 Å². The molecule has 7 nitrogen and oxygen atoms in total. The van der Waals surface area contributed by atoms with Crippen molar-refractivity contribution in [2.24, 2.45) is 16.6 Å². The molecule has 1 saturated carbocycles. The predicted molar refractivity (Wildman–Crippen MR) is 152 cm³/mol. The summed E-state index contributed by atoms with van der Waals surface area (Å²) in [7, 11) is 0. The number of phenols is 1. The molecule has 2 aliphatic rings. The number of rotatable bonds is 10. The molecular formula is C31H40N4O3.